The lowest BCUT2D eigenvalue weighted by molar-refractivity contribution is 0.502. The van der Waals surface area contributed by atoms with Gasteiger partial charge in [-0.3, -0.25) is 0 Å². The summed E-state index contributed by atoms with van der Waals surface area (Å²) in [6, 6.07) is 16.6. The summed E-state index contributed by atoms with van der Waals surface area (Å²) in [7, 11) is 0. The van der Waals surface area contributed by atoms with Crippen LogP contribution in [0.25, 0.3) is 22.5 Å². The van der Waals surface area contributed by atoms with Crippen molar-refractivity contribution in [3.8, 4) is 22.5 Å². The third kappa shape index (κ3) is 5.02. The van der Waals surface area contributed by atoms with Gasteiger partial charge in [-0.1, -0.05) is 68.8 Å². The van der Waals surface area contributed by atoms with Crippen LogP contribution in [0.3, 0.4) is 0 Å². The number of hydrogen-bond acceptors (Lipinski definition) is 6. The Balaban J connectivity index is 1.47. The Bertz CT molecular complexity index is 1090. The predicted molar refractivity (Wildman–Crippen MR) is 125 cm³/mol. The van der Waals surface area contributed by atoms with Crippen LogP contribution < -0.4 is 0 Å². The highest BCUT2D eigenvalue weighted by atomic mass is 32.1. The number of aryl methyl sites for hydroxylation is 1. The number of nitrogens with zero attached hydrogens (tertiary/aromatic N) is 6. The van der Waals surface area contributed by atoms with Gasteiger partial charge in [-0.15, -0.1) is 5.10 Å². The molecule has 4 aromatic rings. The highest BCUT2D eigenvalue weighted by molar-refractivity contribution is 7.81. The van der Waals surface area contributed by atoms with Gasteiger partial charge < -0.3 is 0 Å². The van der Waals surface area contributed by atoms with Crippen LogP contribution in [0.1, 0.15) is 38.1 Å². The Kier molecular flexibility index (Phi) is 6.76. The molecule has 0 fully saturated rings. The maximum absolute atomic E-state index is 4.75. The van der Waals surface area contributed by atoms with Crippen LogP contribution in [0.4, 0.5) is 0 Å². The van der Waals surface area contributed by atoms with E-state index in [2.05, 4.69) is 74.9 Å². The van der Waals surface area contributed by atoms with E-state index in [0.29, 0.717) is 23.5 Å². The summed E-state index contributed by atoms with van der Waals surface area (Å²) < 4.78 is 1.99. The van der Waals surface area contributed by atoms with Crippen molar-refractivity contribution in [1.29, 1.82) is 0 Å². The lowest BCUT2D eigenvalue weighted by Gasteiger charge is -2.17. The third-order valence-electron chi connectivity index (χ3n) is 5.79. The van der Waals surface area contributed by atoms with Gasteiger partial charge in [-0.05, 0) is 39.5 Å². The molecular formula is C23H27N7S. The molecule has 0 bridgehead atoms. The molecule has 0 saturated heterocycles. The van der Waals surface area contributed by atoms with E-state index in [1.807, 2.05) is 22.9 Å². The summed E-state index contributed by atoms with van der Waals surface area (Å²) in [6.07, 6.45) is 4.67. The summed E-state index contributed by atoms with van der Waals surface area (Å²) in [5.41, 5.74) is 4.35. The lowest BCUT2D eigenvalue weighted by atomic mass is 9.98. The molecule has 160 valence electrons. The van der Waals surface area contributed by atoms with E-state index in [9.17, 15) is 0 Å². The second kappa shape index (κ2) is 9.87. The number of aromatic amines is 1. The number of benzene rings is 2. The molecule has 31 heavy (non-hydrogen) atoms. The highest BCUT2D eigenvalue weighted by Gasteiger charge is 2.14. The molecule has 0 spiro atoms. The first-order chi connectivity index (χ1) is 15.2. The van der Waals surface area contributed by atoms with Crippen LogP contribution in [0.15, 0.2) is 54.9 Å². The fourth-order valence-electron chi connectivity index (χ4n) is 3.62. The summed E-state index contributed by atoms with van der Waals surface area (Å²) in [5.74, 6) is 2.27. The molecule has 0 amide bonds. The van der Waals surface area contributed by atoms with Gasteiger partial charge >= 0.3 is 0 Å². The smallest absolute Gasteiger partial charge is 0.180 e. The summed E-state index contributed by atoms with van der Waals surface area (Å²) >= 11 is 4.75. The molecule has 2 atom stereocenters. The maximum Gasteiger partial charge on any atom is 0.180 e. The van der Waals surface area contributed by atoms with Gasteiger partial charge in [0.15, 0.2) is 5.82 Å². The normalized spacial score (nSPS) is 13.3. The first-order valence-electron chi connectivity index (χ1n) is 10.6. The monoisotopic (exact) mass is 433 g/mol. The third-order valence-corrected chi connectivity index (χ3v) is 6.55. The van der Waals surface area contributed by atoms with Gasteiger partial charge in [0.05, 0.1) is 6.54 Å². The average molecular weight is 434 g/mol. The Morgan fingerprint density at radius 3 is 2.55 bits per heavy atom. The van der Waals surface area contributed by atoms with Crippen molar-refractivity contribution in [3.05, 3.63) is 66.2 Å². The minimum absolute atomic E-state index is 0.383. The molecule has 2 aromatic heterocycles. The number of H-pyrrole nitrogens is 1. The summed E-state index contributed by atoms with van der Waals surface area (Å²) in [4.78, 5) is 4.47. The standard InChI is InChI=1S/C23H27N7S/c1-3-16(2)21(31)12-13-22-24-15-25-30(22)14-17-8-10-18(11-9-17)19-6-4-5-7-20(19)23-26-28-29-27-23/h4-11,15-16,21,31H,3,12-14H2,1-2H3,(H,26,27,28,29). The lowest BCUT2D eigenvalue weighted by Crippen LogP contribution is -2.14. The summed E-state index contributed by atoms with van der Waals surface area (Å²) in [6.45, 7) is 5.16. The van der Waals surface area contributed by atoms with Gasteiger partial charge in [-0.2, -0.15) is 17.7 Å². The largest absolute Gasteiger partial charge is 0.246 e. The van der Waals surface area contributed by atoms with E-state index in [1.54, 1.807) is 6.33 Å². The van der Waals surface area contributed by atoms with Crippen LogP contribution in [0.2, 0.25) is 0 Å². The molecule has 2 unspecified atom stereocenters. The highest BCUT2D eigenvalue weighted by Crippen LogP contribution is 2.29. The molecular weight excluding hydrogens is 406 g/mol. The van der Waals surface area contributed by atoms with Gasteiger partial charge in [0.2, 0.25) is 0 Å². The zero-order valence-corrected chi connectivity index (χ0v) is 18.7. The second-order valence-corrected chi connectivity index (χ2v) is 8.48. The quantitative estimate of drug-likeness (QED) is 0.381. The Morgan fingerprint density at radius 2 is 1.84 bits per heavy atom. The zero-order chi connectivity index (χ0) is 21.6. The number of tetrazole rings is 1. The molecule has 0 aliphatic rings. The average Bonchev–Trinajstić information content (AvgIpc) is 3.50. The van der Waals surface area contributed by atoms with Crippen LogP contribution in [-0.2, 0) is 13.0 Å². The van der Waals surface area contributed by atoms with Gasteiger partial charge in [-0.25, -0.2) is 14.8 Å². The van der Waals surface area contributed by atoms with Crippen molar-refractivity contribution in [1.82, 2.24) is 35.4 Å². The first kappa shape index (κ1) is 21.2. The van der Waals surface area contributed by atoms with E-state index >= 15 is 0 Å². The topological polar surface area (TPSA) is 85.2 Å². The maximum atomic E-state index is 4.75. The number of rotatable bonds is 9. The minimum atomic E-state index is 0.383. The number of aromatic nitrogens is 7. The zero-order valence-electron chi connectivity index (χ0n) is 17.8. The van der Waals surface area contributed by atoms with E-state index in [1.165, 1.54) is 5.56 Å². The molecule has 8 heteroatoms. The van der Waals surface area contributed by atoms with E-state index < -0.39 is 0 Å². The Labute approximate surface area is 187 Å². The molecule has 0 radical (unpaired) electrons. The Hall–Kier alpha value is -3.00. The Morgan fingerprint density at radius 1 is 1.06 bits per heavy atom. The predicted octanol–water partition coefficient (Wildman–Crippen LogP) is 4.45. The van der Waals surface area contributed by atoms with Crippen molar-refractivity contribution >= 4 is 12.6 Å². The molecule has 4 rings (SSSR count). The molecule has 0 aliphatic heterocycles. The fourth-order valence-corrected chi connectivity index (χ4v) is 3.96. The molecule has 0 saturated carbocycles. The van der Waals surface area contributed by atoms with Crippen molar-refractivity contribution in [2.45, 2.75) is 44.9 Å². The summed E-state index contributed by atoms with van der Waals surface area (Å²) in [5, 5.41) is 19.1. The SMILES string of the molecule is CCC(C)C(S)CCc1ncnn1Cc1ccc(-c2ccccc2-c2nnn[nH]2)cc1. The second-order valence-electron chi connectivity index (χ2n) is 7.82. The number of thiol groups is 1. The van der Waals surface area contributed by atoms with Crippen LogP contribution >= 0.6 is 12.6 Å². The molecule has 1 N–H and O–H groups in total. The van der Waals surface area contributed by atoms with Gasteiger partial charge in [0.1, 0.15) is 12.2 Å². The molecule has 2 heterocycles. The molecule has 2 aromatic carbocycles. The van der Waals surface area contributed by atoms with Crippen molar-refractivity contribution < 1.29 is 0 Å². The van der Waals surface area contributed by atoms with Crippen LogP contribution in [-0.4, -0.2) is 40.6 Å². The van der Waals surface area contributed by atoms with E-state index in [4.69, 9.17) is 12.6 Å². The first-order valence-corrected chi connectivity index (χ1v) is 11.1. The van der Waals surface area contributed by atoms with Crippen molar-refractivity contribution in [2.24, 2.45) is 5.92 Å². The molecule has 7 nitrogen and oxygen atoms in total. The van der Waals surface area contributed by atoms with Gasteiger partial charge in [0, 0.05) is 17.2 Å². The van der Waals surface area contributed by atoms with Crippen molar-refractivity contribution in [3.63, 3.8) is 0 Å². The van der Waals surface area contributed by atoms with Crippen molar-refractivity contribution in [2.75, 3.05) is 0 Å². The van der Waals surface area contributed by atoms with E-state index in [-0.39, 0.29) is 0 Å². The van der Waals surface area contributed by atoms with Crippen LogP contribution in [0.5, 0.6) is 0 Å². The number of nitrogens with one attached hydrogen (secondary N) is 1. The van der Waals surface area contributed by atoms with Gasteiger partial charge in [0.25, 0.3) is 0 Å². The van der Waals surface area contributed by atoms with Crippen LogP contribution in [0, 0.1) is 5.92 Å². The van der Waals surface area contributed by atoms with E-state index in [0.717, 1.165) is 41.8 Å². The fraction of sp³-hybridized carbons (Fsp3) is 0.348. The number of hydrogen-bond donors (Lipinski definition) is 2. The minimum Gasteiger partial charge on any atom is -0.246 e. The molecule has 0 aliphatic carbocycles.